The minimum Gasteiger partial charge on any atom is -0.379 e. The van der Waals surface area contributed by atoms with Gasteiger partial charge >= 0.3 is 0 Å². The van der Waals surface area contributed by atoms with Gasteiger partial charge in [-0.1, -0.05) is 0 Å². The van der Waals surface area contributed by atoms with Gasteiger partial charge < -0.3 is 10.1 Å². The van der Waals surface area contributed by atoms with Crippen molar-refractivity contribution in [3.05, 3.63) is 17.0 Å². The van der Waals surface area contributed by atoms with Gasteiger partial charge in [-0.25, -0.2) is 8.42 Å². The Balaban J connectivity index is 2.10. The van der Waals surface area contributed by atoms with Gasteiger partial charge in [0.05, 0.1) is 17.7 Å². The fourth-order valence-electron chi connectivity index (χ4n) is 1.94. The number of halogens is 1. The summed E-state index contributed by atoms with van der Waals surface area (Å²) in [6.07, 6.45) is 1.73. The Kier molecular flexibility index (Phi) is 4.20. The molecule has 8 heteroatoms. The third-order valence-electron chi connectivity index (χ3n) is 2.93. The molecule has 0 bridgehead atoms. The average molecular weight is 324 g/mol. The number of amides is 1. The molecule has 1 aromatic heterocycles. The van der Waals surface area contributed by atoms with Crippen molar-refractivity contribution in [3.63, 3.8) is 0 Å². The molecule has 1 saturated heterocycles. The van der Waals surface area contributed by atoms with Crippen molar-refractivity contribution in [3.8, 4) is 0 Å². The first kappa shape index (κ1) is 14.8. The van der Waals surface area contributed by atoms with E-state index in [1.54, 1.807) is 0 Å². The average Bonchev–Trinajstić information content (AvgIpc) is 2.78. The lowest BCUT2D eigenvalue weighted by molar-refractivity contribution is 0.0273. The van der Waals surface area contributed by atoms with Crippen LogP contribution in [0.4, 0.5) is 0 Å². The maximum atomic E-state index is 12.1. The van der Waals surface area contributed by atoms with Crippen LogP contribution in [0.5, 0.6) is 0 Å². The Hall–Kier alpha value is -0.630. The molecule has 1 amide bonds. The molecule has 2 heterocycles. The third-order valence-corrected chi connectivity index (χ3v) is 5.97. The van der Waals surface area contributed by atoms with Crippen LogP contribution in [-0.2, 0) is 13.8 Å². The molecule has 0 radical (unpaired) electrons. The van der Waals surface area contributed by atoms with E-state index in [1.165, 1.54) is 11.4 Å². The molecule has 0 aromatic carbocycles. The van der Waals surface area contributed by atoms with E-state index >= 15 is 0 Å². The largest absolute Gasteiger partial charge is 0.379 e. The zero-order chi connectivity index (χ0) is 14.1. The highest BCUT2D eigenvalue weighted by atomic mass is 35.7. The topological polar surface area (TPSA) is 72.5 Å². The van der Waals surface area contributed by atoms with Crippen molar-refractivity contribution >= 4 is 37.0 Å². The maximum absolute atomic E-state index is 12.1. The molecule has 1 atom stereocenters. The van der Waals surface area contributed by atoms with E-state index in [2.05, 4.69) is 5.32 Å². The van der Waals surface area contributed by atoms with Crippen molar-refractivity contribution in [1.82, 2.24) is 5.32 Å². The highest BCUT2D eigenvalue weighted by Crippen LogP contribution is 2.25. The molecule has 0 aliphatic carbocycles. The Morgan fingerprint density at radius 2 is 2.32 bits per heavy atom. The van der Waals surface area contributed by atoms with Crippen molar-refractivity contribution in [2.45, 2.75) is 29.5 Å². The molecular weight excluding hydrogens is 310 g/mol. The van der Waals surface area contributed by atoms with Crippen LogP contribution in [0.25, 0.3) is 0 Å². The highest BCUT2D eigenvalue weighted by Gasteiger charge is 2.30. The van der Waals surface area contributed by atoms with Crippen LogP contribution in [0.2, 0.25) is 0 Å². The summed E-state index contributed by atoms with van der Waals surface area (Å²) < 4.78 is 27.6. The Morgan fingerprint density at radius 1 is 1.58 bits per heavy atom. The SMILES string of the molecule is CC1(NC(=O)c2csc(S(=O)(=O)Cl)c2)CCCOC1. The van der Waals surface area contributed by atoms with Crippen LogP contribution in [0, 0.1) is 0 Å². The van der Waals surface area contributed by atoms with E-state index in [0.29, 0.717) is 18.8 Å². The summed E-state index contributed by atoms with van der Waals surface area (Å²) in [5.74, 6) is -0.309. The second-order valence-electron chi connectivity index (χ2n) is 4.76. The number of thiophene rings is 1. The van der Waals surface area contributed by atoms with E-state index in [4.69, 9.17) is 15.4 Å². The molecular formula is C11H14ClNO4S2. The van der Waals surface area contributed by atoms with Gasteiger partial charge in [0.25, 0.3) is 15.0 Å². The standard InChI is InChI=1S/C11H14ClNO4S2/c1-11(3-2-4-17-7-11)13-10(14)8-5-9(18-6-8)19(12,15)16/h5-6H,2-4,7H2,1H3,(H,13,14). The van der Waals surface area contributed by atoms with Gasteiger partial charge in [-0.3, -0.25) is 4.79 Å². The summed E-state index contributed by atoms with van der Waals surface area (Å²) in [5.41, 5.74) is -0.104. The summed E-state index contributed by atoms with van der Waals surface area (Å²) in [4.78, 5) is 12.1. The van der Waals surface area contributed by atoms with Crippen LogP contribution in [0.1, 0.15) is 30.1 Å². The van der Waals surface area contributed by atoms with Gasteiger partial charge in [-0.05, 0) is 25.8 Å². The van der Waals surface area contributed by atoms with Crippen LogP contribution in [0.3, 0.4) is 0 Å². The monoisotopic (exact) mass is 323 g/mol. The predicted molar refractivity (Wildman–Crippen MR) is 73.3 cm³/mol. The first-order chi connectivity index (χ1) is 8.80. The predicted octanol–water partition coefficient (Wildman–Crippen LogP) is 1.97. The molecule has 19 heavy (non-hydrogen) atoms. The molecule has 1 N–H and O–H groups in total. The Labute approximate surface area is 120 Å². The molecule has 5 nitrogen and oxygen atoms in total. The van der Waals surface area contributed by atoms with Crippen LogP contribution >= 0.6 is 22.0 Å². The summed E-state index contributed by atoms with van der Waals surface area (Å²) in [7, 11) is 1.45. The van der Waals surface area contributed by atoms with E-state index in [-0.39, 0.29) is 10.1 Å². The lowest BCUT2D eigenvalue weighted by Crippen LogP contribution is -2.51. The molecule has 1 unspecified atom stereocenters. The summed E-state index contributed by atoms with van der Waals surface area (Å²) in [6, 6.07) is 1.29. The lowest BCUT2D eigenvalue weighted by Gasteiger charge is -2.34. The molecule has 2 rings (SSSR count). The van der Waals surface area contributed by atoms with Crippen molar-refractivity contribution in [1.29, 1.82) is 0 Å². The van der Waals surface area contributed by atoms with Gasteiger partial charge in [0, 0.05) is 22.7 Å². The van der Waals surface area contributed by atoms with E-state index in [1.807, 2.05) is 6.92 Å². The normalized spacial score (nSPS) is 24.1. The minimum absolute atomic E-state index is 0.0237. The Bertz CT molecular complexity index is 575. The molecule has 1 aliphatic rings. The number of carbonyl (C=O) groups excluding carboxylic acids is 1. The van der Waals surface area contributed by atoms with E-state index in [0.717, 1.165) is 24.2 Å². The molecule has 106 valence electrons. The molecule has 1 aromatic rings. The van der Waals surface area contributed by atoms with Crippen molar-refractivity contribution < 1.29 is 17.9 Å². The third kappa shape index (κ3) is 3.68. The number of hydrogen-bond donors (Lipinski definition) is 1. The van der Waals surface area contributed by atoms with Crippen molar-refractivity contribution in [2.24, 2.45) is 0 Å². The van der Waals surface area contributed by atoms with Crippen LogP contribution in [0.15, 0.2) is 15.7 Å². The molecule has 1 aliphatic heterocycles. The second kappa shape index (κ2) is 5.40. The van der Waals surface area contributed by atoms with Gasteiger partial charge in [-0.2, -0.15) is 0 Å². The van der Waals surface area contributed by atoms with Gasteiger partial charge in [0.2, 0.25) is 0 Å². The number of rotatable bonds is 3. The fraction of sp³-hybridized carbons (Fsp3) is 0.545. The van der Waals surface area contributed by atoms with Gasteiger partial charge in [0.15, 0.2) is 0 Å². The minimum atomic E-state index is -3.78. The first-order valence-electron chi connectivity index (χ1n) is 5.74. The van der Waals surface area contributed by atoms with E-state index in [9.17, 15) is 13.2 Å². The van der Waals surface area contributed by atoms with E-state index < -0.39 is 14.6 Å². The summed E-state index contributed by atoms with van der Waals surface area (Å²) in [6.45, 7) is 3.08. The Morgan fingerprint density at radius 3 is 2.84 bits per heavy atom. The summed E-state index contributed by atoms with van der Waals surface area (Å²) >= 11 is 0.934. The lowest BCUT2D eigenvalue weighted by atomic mass is 9.94. The zero-order valence-corrected chi connectivity index (χ0v) is 12.7. The fourth-order valence-corrected chi connectivity index (χ4v) is 3.89. The second-order valence-corrected chi connectivity index (χ2v) is 8.47. The van der Waals surface area contributed by atoms with Crippen LogP contribution < -0.4 is 5.32 Å². The van der Waals surface area contributed by atoms with Crippen molar-refractivity contribution in [2.75, 3.05) is 13.2 Å². The maximum Gasteiger partial charge on any atom is 0.270 e. The van der Waals surface area contributed by atoms with Gasteiger partial charge in [-0.15, -0.1) is 11.3 Å². The van der Waals surface area contributed by atoms with Crippen LogP contribution in [-0.4, -0.2) is 33.1 Å². The molecule has 0 saturated carbocycles. The van der Waals surface area contributed by atoms with Gasteiger partial charge in [0.1, 0.15) is 4.21 Å². The zero-order valence-electron chi connectivity index (χ0n) is 10.3. The number of carbonyl (C=O) groups is 1. The molecule has 0 spiro atoms. The highest BCUT2D eigenvalue weighted by molar-refractivity contribution is 8.15. The quantitative estimate of drug-likeness (QED) is 0.863. The number of nitrogens with one attached hydrogen (secondary N) is 1. The smallest absolute Gasteiger partial charge is 0.270 e. The number of hydrogen-bond acceptors (Lipinski definition) is 5. The summed E-state index contributed by atoms with van der Waals surface area (Å²) in [5, 5.41) is 4.36. The number of ether oxygens (including phenoxy) is 1. The molecule has 1 fully saturated rings. The first-order valence-corrected chi connectivity index (χ1v) is 8.93.